The Morgan fingerprint density at radius 3 is 3.00 bits per heavy atom. The molecule has 0 bridgehead atoms. The van der Waals surface area contributed by atoms with Crippen LogP contribution in [0.2, 0.25) is 0 Å². The molecule has 1 fully saturated rings. The zero-order chi connectivity index (χ0) is 13.1. The molecule has 18 heavy (non-hydrogen) atoms. The summed E-state index contributed by atoms with van der Waals surface area (Å²) in [5.74, 6) is -0.195. The maximum absolute atomic E-state index is 13.4. The van der Waals surface area contributed by atoms with Crippen LogP contribution in [0.25, 0.3) is 0 Å². The van der Waals surface area contributed by atoms with Crippen LogP contribution in [0.4, 0.5) is 4.39 Å². The summed E-state index contributed by atoms with van der Waals surface area (Å²) in [5.41, 5.74) is 6.91. The predicted molar refractivity (Wildman–Crippen MR) is 75.9 cm³/mol. The molecule has 2 rings (SSSR count). The Balaban J connectivity index is 2.30. The summed E-state index contributed by atoms with van der Waals surface area (Å²) in [5, 5.41) is 0. The van der Waals surface area contributed by atoms with Crippen LogP contribution in [-0.2, 0) is 0 Å². The lowest BCUT2D eigenvalue weighted by Gasteiger charge is -2.32. The lowest BCUT2D eigenvalue weighted by molar-refractivity contribution is 0.179. The lowest BCUT2D eigenvalue weighted by atomic mass is 10.0. The number of benzene rings is 1. The van der Waals surface area contributed by atoms with Gasteiger partial charge in [-0.05, 0) is 49.6 Å². The van der Waals surface area contributed by atoms with Crippen molar-refractivity contribution in [3.8, 4) is 0 Å². The van der Waals surface area contributed by atoms with Crippen molar-refractivity contribution in [3.63, 3.8) is 0 Å². The number of nitrogens with zero attached hydrogens (tertiary/aromatic N) is 1. The summed E-state index contributed by atoms with van der Waals surface area (Å²) >= 11 is 3.51. The van der Waals surface area contributed by atoms with Crippen molar-refractivity contribution in [3.05, 3.63) is 34.1 Å². The number of likely N-dealkylation sites (tertiary alicyclic amines) is 1. The minimum absolute atomic E-state index is 0.113. The first-order valence-electron chi connectivity index (χ1n) is 6.58. The largest absolute Gasteiger partial charge is 0.329 e. The van der Waals surface area contributed by atoms with Gasteiger partial charge in [0.05, 0.1) is 0 Å². The topological polar surface area (TPSA) is 29.3 Å². The van der Waals surface area contributed by atoms with E-state index in [2.05, 4.69) is 27.8 Å². The van der Waals surface area contributed by atoms with Gasteiger partial charge in [-0.1, -0.05) is 22.9 Å². The van der Waals surface area contributed by atoms with Crippen molar-refractivity contribution in [1.82, 2.24) is 4.90 Å². The number of rotatable bonds is 4. The van der Waals surface area contributed by atoms with Gasteiger partial charge in [0.25, 0.3) is 0 Å². The molecule has 1 heterocycles. The second kappa shape index (κ2) is 6.13. The third-order valence-electron chi connectivity index (χ3n) is 3.83. The highest BCUT2D eigenvalue weighted by Crippen LogP contribution is 2.34. The van der Waals surface area contributed by atoms with E-state index in [1.165, 1.54) is 18.9 Å². The molecular formula is C14H20BrFN2. The van der Waals surface area contributed by atoms with Gasteiger partial charge in [-0.3, -0.25) is 4.90 Å². The molecule has 1 aliphatic heterocycles. The first-order chi connectivity index (χ1) is 8.67. The molecular weight excluding hydrogens is 295 g/mol. The highest BCUT2D eigenvalue weighted by atomic mass is 79.9. The first kappa shape index (κ1) is 14.0. The zero-order valence-corrected chi connectivity index (χ0v) is 12.3. The summed E-state index contributed by atoms with van der Waals surface area (Å²) in [7, 11) is 0. The average Bonchev–Trinajstić information content (AvgIpc) is 2.83. The van der Waals surface area contributed by atoms with E-state index in [0.717, 1.165) is 23.0 Å². The van der Waals surface area contributed by atoms with Crippen molar-refractivity contribution < 1.29 is 4.39 Å². The second-order valence-electron chi connectivity index (χ2n) is 4.86. The summed E-state index contributed by atoms with van der Waals surface area (Å²) in [6.45, 7) is 3.79. The molecule has 0 radical (unpaired) electrons. The molecule has 2 atom stereocenters. The van der Waals surface area contributed by atoms with Crippen molar-refractivity contribution in [2.75, 3.05) is 13.1 Å². The molecule has 1 aliphatic rings. The van der Waals surface area contributed by atoms with Gasteiger partial charge < -0.3 is 5.73 Å². The van der Waals surface area contributed by atoms with E-state index in [9.17, 15) is 4.39 Å². The van der Waals surface area contributed by atoms with E-state index in [1.54, 1.807) is 12.1 Å². The minimum atomic E-state index is -0.195. The molecule has 2 nitrogen and oxygen atoms in total. The molecule has 1 aromatic rings. The molecule has 1 aromatic carbocycles. The molecule has 0 aromatic heterocycles. The van der Waals surface area contributed by atoms with E-state index in [-0.39, 0.29) is 11.9 Å². The minimum Gasteiger partial charge on any atom is -0.329 e. The maximum atomic E-state index is 13.4. The zero-order valence-electron chi connectivity index (χ0n) is 10.7. The SMILES string of the molecule is CCC1CCCN1C(CN)c1cc(F)ccc1Br. The van der Waals surface area contributed by atoms with E-state index in [1.807, 2.05) is 0 Å². The van der Waals surface area contributed by atoms with Crippen molar-refractivity contribution >= 4 is 15.9 Å². The highest BCUT2D eigenvalue weighted by molar-refractivity contribution is 9.10. The van der Waals surface area contributed by atoms with Crippen molar-refractivity contribution in [1.29, 1.82) is 0 Å². The molecule has 2 unspecified atom stereocenters. The molecule has 0 spiro atoms. The maximum Gasteiger partial charge on any atom is 0.123 e. The third kappa shape index (κ3) is 2.76. The molecule has 0 aliphatic carbocycles. The molecule has 100 valence electrons. The van der Waals surface area contributed by atoms with Gasteiger partial charge in [0.15, 0.2) is 0 Å². The number of hydrogen-bond acceptors (Lipinski definition) is 2. The molecule has 4 heteroatoms. The van der Waals surface area contributed by atoms with Crippen LogP contribution >= 0.6 is 15.9 Å². The van der Waals surface area contributed by atoms with E-state index >= 15 is 0 Å². The average molecular weight is 315 g/mol. The van der Waals surface area contributed by atoms with Gasteiger partial charge >= 0.3 is 0 Å². The fourth-order valence-electron chi connectivity index (χ4n) is 2.92. The smallest absolute Gasteiger partial charge is 0.123 e. The summed E-state index contributed by atoms with van der Waals surface area (Å²) in [4.78, 5) is 2.43. The fraction of sp³-hybridized carbons (Fsp3) is 0.571. The monoisotopic (exact) mass is 314 g/mol. The fourth-order valence-corrected chi connectivity index (χ4v) is 3.43. The second-order valence-corrected chi connectivity index (χ2v) is 5.71. The van der Waals surface area contributed by atoms with Gasteiger partial charge in [-0.2, -0.15) is 0 Å². The van der Waals surface area contributed by atoms with Crippen LogP contribution in [0.1, 0.15) is 37.8 Å². The van der Waals surface area contributed by atoms with Crippen LogP contribution in [0.15, 0.2) is 22.7 Å². The number of nitrogens with two attached hydrogens (primary N) is 1. The summed E-state index contributed by atoms with van der Waals surface area (Å²) in [6.07, 6.45) is 3.56. The van der Waals surface area contributed by atoms with E-state index < -0.39 is 0 Å². The summed E-state index contributed by atoms with van der Waals surface area (Å²) < 4.78 is 14.4. The van der Waals surface area contributed by atoms with Crippen molar-refractivity contribution in [2.45, 2.75) is 38.3 Å². The van der Waals surface area contributed by atoms with Crippen LogP contribution < -0.4 is 5.73 Å². The van der Waals surface area contributed by atoms with Crippen LogP contribution in [0.3, 0.4) is 0 Å². The Hall–Kier alpha value is -0.450. The van der Waals surface area contributed by atoms with Crippen LogP contribution in [0.5, 0.6) is 0 Å². The Bertz CT molecular complexity index is 411. The number of halogens is 2. The normalized spacial score (nSPS) is 22.3. The quantitative estimate of drug-likeness (QED) is 0.922. The van der Waals surface area contributed by atoms with Gasteiger partial charge in [-0.25, -0.2) is 4.39 Å². The Kier molecular flexibility index (Phi) is 4.76. The number of hydrogen-bond donors (Lipinski definition) is 1. The van der Waals surface area contributed by atoms with Gasteiger partial charge in [0.2, 0.25) is 0 Å². The molecule has 0 amide bonds. The third-order valence-corrected chi connectivity index (χ3v) is 4.56. The van der Waals surface area contributed by atoms with Gasteiger partial charge in [-0.15, -0.1) is 0 Å². The van der Waals surface area contributed by atoms with Gasteiger partial charge in [0, 0.05) is 23.1 Å². The molecule has 2 N–H and O–H groups in total. The van der Waals surface area contributed by atoms with Crippen LogP contribution in [0, 0.1) is 5.82 Å². The lowest BCUT2D eigenvalue weighted by Crippen LogP contribution is -2.37. The van der Waals surface area contributed by atoms with E-state index in [0.29, 0.717) is 12.6 Å². The molecule has 1 saturated heterocycles. The van der Waals surface area contributed by atoms with Crippen molar-refractivity contribution in [2.24, 2.45) is 5.73 Å². The Labute approximate surface area is 116 Å². The Morgan fingerprint density at radius 2 is 2.33 bits per heavy atom. The predicted octanol–water partition coefficient (Wildman–Crippen LogP) is 3.46. The van der Waals surface area contributed by atoms with E-state index in [4.69, 9.17) is 5.73 Å². The first-order valence-corrected chi connectivity index (χ1v) is 7.37. The Morgan fingerprint density at radius 1 is 1.56 bits per heavy atom. The summed E-state index contributed by atoms with van der Waals surface area (Å²) in [6, 6.07) is 5.54. The standard InChI is InChI=1S/C14H20BrFN2/c1-2-11-4-3-7-18(11)14(9-17)12-8-10(16)5-6-13(12)15/h5-6,8,11,14H,2-4,7,9,17H2,1H3. The van der Waals surface area contributed by atoms with Gasteiger partial charge in [0.1, 0.15) is 5.82 Å². The highest BCUT2D eigenvalue weighted by Gasteiger charge is 2.30. The van der Waals surface area contributed by atoms with Crippen LogP contribution in [-0.4, -0.2) is 24.0 Å². The molecule has 0 saturated carbocycles.